The number of carbonyl (C=O) groups is 1. The van der Waals surface area contributed by atoms with Crippen LogP contribution in [0.15, 0.2) is 40.9 Å². The van der Waals surface area contributed by atoms with E-state index in [0.717, 1.165) is 11.0 Å². The van der Waals surface area contributed by atoms with E-state index in [0.29, 0.717) is 13.0 Å². The van der Waals surface area contributed by atoms with E-state index in [1.807, 2.05) is 0 Å². The van der Waals surface area contributed by atoms with Gasteiger partial charge < -0.3 is 10.2 Å². The predicted molar refractivity (Wildman–Crippen MR) is 92.5 cm³/mol. The van der Waals surface area contributed by atoms with Crippen molar-refractivity contribution in [3.8, 4) is 10.4 Å². The number of benzene rings is 1. The molecule has 0 aliphatic carbocycles. The molecular weight excluding hydrogens is 348 g/mol. The molecule has 1 aromatic carbocycles. The highest BCUT2D eigenvalue weighted by Gasteiger charge is 2.05. The summed E-state index contributed by atoms with van der Waals surface area (Å²) in [5, 5.41) is 3.32. The van der Waals surface area contributed by atoms with E-state index in [1.165, 1.54) is 15.3 Å². The molecule has 0 aliphatic heterocycles. The smallest absolute Gasteiger partial charge is 0.223 e. The maximum Gasteiger partial charge on any atom is 0.223 e. The maximum atomic E-state index is 11.5. The van der Waals surface area contributed by atoms with Gasteiger partial charge in [-0.25, -0.2) is 0 Å². The first-order valence-electron chi connectivity index (χ1n) is 6.82. The molecule has 0 radical (unpaired) electrons. The summed E-state index contributed by atoms with van der Waals surface area (Å²) in [5.41, 5.74) is 1.23. The summed E-state index contributed by atoms with van der Waals surface area (Å²) >= 11 is 5.23. The van der Waals surface area contributed by atoms with Crippen LogP contribution in [-0.4, -0.2) is 31.4 Å². The van der Waals surface area contributed by atoms with Crippen LogP contribution in [0.1, 0.15) is 11.3 Å². The van der Waals surface area contributed by atoms with E-state index in [9.17, 15) is 4.79 Å². The number of carbonyl (C=O) groups excluding carboxylic acids is 1. The van der Waals surface area contributed by atoms with Gasteiger partial charge >= 0.3 is 0 Å². The quantitative estimate of drug-likeness (QED) is 0.789. The Balaban J connectivity index is 1.83. The molecule has 112 valence electrons. The van der Waals surface area contributed by atoms with Crippen molar-refractivity contribution in [2.45, 2.75) is 13.0 Å². The van der Waals surface area contributed by atoms with E-state index >= 15 is 0 Å². The number of hydrogen-bond donors (Lipinski definition) is 1. The molecule has 0 spiro atoms. The molecule has 0 saturated heterocycles. The van der Waals surface area contributed by atoms with Crippen LogP contribution in [0.3, 0.4) is 0 Å². The van der Waals surface area contributed by atoms with Crippen LogP contribution in [0.4, 0.5) is 0 Å². The van der Waals surface area contributed by atoms with Crippen molar-refractivity contribution >= 4 is 33.2 Å². The summed E-state index contributed by atoms with van der Waals surface area (Å²) in [6.45, 7) is 1.52. The van der Waals surface area contributed by atoms with Gasteiger partial charge in [0, 0.05) is 47.8 Å². The van der Waals surface area contributed by atoms with Gasteiger partial charge in [-0.15, -0.1) is 11.3 Å². The van der Waals surface area contributed by atoms with Crippen LogP contribution in [0.5, 0.6) is 0 Å². The van der Waals surface area contributed by atoms with Gasteiger partial charge in [-0.3, -0.25) is 4.79 Å². The lowest BCUT2D eigenvalue weighted by molar-refractivity contribution is -0.128. The summed E-state index contributed by atoms with van der Waals surface area (Å²) < 4.78 is 1.09. The van der Waals surface area contributed by atoms with Crippen molar-refractivity contribution in [1.29, 1.82) is 0 Å². The third kappa shape index (κ3) is 4.95. The number of hydrogen-bond acceptors (Lipinski definition) is 3. The number of thiophene rings is 1. The molecular formula is C16H19BrN2OS. The first kappa shape index (κ1) is 16.2. The van der Waals surface area contributed by atoms with Crippen molar-refractivity contribution in [2.75, 3.05) is 20.6 Å². The van der Waals surface area contributed by atoms with E-state index in [-0.39, 0.29) is 5.91 Å². The zero-order chi connectivity index (χ0) is 15.2. The van der Waals surface area contributed by atoms with Gasteiger partial charge in [-0.05, 0) is 29.8 Å². The van der Waals surface area contributed by atoms with Gasteiger partial charge in [0.2, 0.25) is 5.91 Å². The van der Waals surface area contributed by atoms with E-state index in [4.69, 9.17) is 0 Å². The van der Waals surface area contributed by atoms with Crippen LogP contribution < -0.4 is 5.32 Å². The molecule has 21 heavy (non-hydrogen) atoms. The average molecular weight is 367 g/mol. The second kappa shape index (κ2) is 7.73. The van der Waals surface area contributed by atoms with Crippen LogP contribution in [0.2, 0.25) is 0 Å². The standard InChI is InChI=1S/C16H19BrN2OS/c1-19(2)16(20)9-10-18-11-14-7-8-15(21-14)12-3-5-13(17)6-4-12/h3-8,18H,9-11H2,1-2H3. The number of rotatable bonds is 6. The van der Waals surface area contributed by atoms with E-state index in [1.54, 1.807) is 30.3 Å². The molecule has 1 amide bonds. The number of amides is 1. The van der Waals surface area contributed by atoms with E-state index in [2.05, 4.69) is 57.6 Å². The minimum absolute atomic E-state index is 0.157. The Morgan fingerprint density at radius 3 is 2.57 bits per heavy atom. The molecule has 3 nitrogen and oxygen atoms in total. The van der Waals surface area contributed by atoms with Gasteiger partial charge in [-0.2, -0.15) is 0 Å². The lowest BCUT2D eigenvalue weighted by Gasteiger charge is -2.09. The van der Waals surface area contributed by atoms with Crippen LogP contribution in [-0.2, 0) is 11.3 Å². The van der Waals surface area contributed by atoms with Gasteiger partial charge in [0.25, 0.3) is 0 Å². The topological polar surface area (TPSA) is 32.3 Å². The summed E-state index contributed by atoms with van der Waals surface area (Å²) in [7, 11) is 3.57. The Hall–Kier alpha value is -1.17. The lowest BCUT2D eigenvalue weighted by atomic mass is 10.2. The van der Waals surface area contributed by atoms with E-state index < -0.39 is 0 Å². The van der Waals surface area contributed by atoms with Crippen LogP contribution >= 0.6 is 27.3 Å². The fourth-order valence-electron chi connectivity index (χ4n) is 1.87. The fraction of sp³-hybridized carbons (Fsp3) is 0.312. The van der Waals surface area contributed by atoms with Crippen LogP contribution in [0, 0.1) is 0 Å². The minimum Gasteiger partial charge on any atom is -0.349 e. The van der Waals surface area contributed by atoms with Crippen molar-refractivity contribution in [3.05, 3.63) is 45.7 Å². The van der Waals surface area contributed by atoms with Crippen molar-refractivity contribution < 1.29 is 4.79 Å². The molecule has 0 unspecified atom stereocenters. The molecule has 0 aliphatic rings. The molecule has 0 bridgehead atoms. The Labute approximate surface area is 138 Å². The Morgan fingerprint density at radius 1 is 1.19 bits per heavy atom. The first-order chi connectivity index (χ1) is 10.1. The highest BCUT2D eigenvalue weighted by atomic mass is 79.9. The summed E-state index contributed by atoms with van der Waals surface area (Å²) in [4.78, 5) is 15.6. The highest BCUT2D eigenvalue weighted by Crippen LogP contribution is 2.28. The number of nitrogens with zero attached hydrogens (tertiary/aromatic N) is 1. The zero-order valence-electron chi connectivity index (χ0n) is 12.2. The third-order valence-electron chi connectivity index (χ3n) is 3.10. The predicted octanol–water partition coefficient (Wildman–Crippen LogP) is 3.75. The van der Waals surface area contributed by atoms with Gasteiger partial charge in [-0.1, -0.05) is 28.1 Å². The second-order valence-electron chi connectivity index (χ2n) is 4.99. The highest BCUT2D eigenvalue weighted by molar-refractivity contribution is 9.10. The molecule has 2 aromatic rings. The van der Waals surface area contributed by atoms with Crippen molar-refractivity contribution in [1.82, 2.24) is 10.2 Å². The van der Waals surface area contributed by atoms with Gasteiger partial charge in [0.05, 0.1) is 0 Å². The SMILES string of the molecule is CN(C)C(=O)CCNCc1ccc(-c2ccc(Br)cc2)s1. The molecule has 0 fully saturated rings. The van der Waals surface area contributed by atoms with Crippen molar-refractivity contribution in [3.63, 3.8) is 0 Å². The average Bonchev–Trinajstić information content (AvgIpc) is 2.93. The maximum absolute atomic E-state index is 11.5. The molecule has 0 saturated carbocycles. The molecule has 1 heterocycles. The fourth-order valence-corrected chi connectivity index (χ4v) is 3.12. The second-order valence-corrected chi connectivity index (χ2v) is 7.07. The molecule has 5 heteroatoms. The summed E-state index contributed by atoms with van der Waals surface area (Å²) in [5.74, 6) is 0.157. The Bertz CT molecular complexity index is 593. The van der Waals surface area contributed by atoms with Crippen LogP contribution in [0.25, 0.3) is 10.4 Å². The van der Waals surface area contributed by atoms with Crippen molar-refractivity contribution in [2.24, 2.45) is 0 Å². The number of halogens is 1. The molecule has 0 atom stereocenters. The minimum atomic E-state index is 0.157. The van der Waals surface area contributed by atoms with Gasteiger partial charge in [0.15, 0.2) is 0 Å². The monoisotopic (exact) mass is 366 g/mol. The lowest BCUT2D eigenvalue weighted by Crippen LogP contribution is -2.26. The first-order valence-corrected chi connectivity index (χ1v) is 8.43. The molecule has 1 N–H and O–H groups in total. The zero-order valence-corrected chi connectivity index (χ0v) is 14.6. The molecule has 1 aromatic heterocycles. The summed E-state index contributed by atoms with van der Waals surface area (Å²) in [6.07, 6.45) is 0.540. The summed E-state index contributed by atoms with van der Waals surface area (Å²) in [6, 6.07) is 12.6. The molecule has 2 rings (SSSR count). The van der Waals surface area contributed by atoms with Gasteiger partial charge in [0.1, 0.15) is 0 Å². The third-order valence-corrected chi connectivity index (χ3v) is 4.77. The largest absolute Gasteiger partial charge is 0.349 e. The normalized spacial score (nSPS) is 10.6. The number of nitrogens with one attached hydrogen (secondary N) is 1. The Kier molecular flexibility index (Phi) is 5.96. The Morgan fingerprint density at radius 2 is 1.90 bits per heavy atom.